The molecule has 8 nitrogen and oxygen atoms in total. The van der Waals surface area contributed by atoms with Crippen molar-refractivity contribution in [2.24, 2.45) is 0 Å². The largest absolute Gasteiger partial charge is 0.476 e. The van der Waals surface area contributed by atoms with Crippen molar-refractivity contribution in [3.05, 3.63) is 40.7 Å². The lowest BCUT2D eigenvalue weighted by Crippen LogP contribution is -2.27. The first-order valence-corrected chi connectivity index (χ1v) is 6.32. The average Bonchev–Trinajstić information content (AvgIpc) is 2.91. The second-order valence-electron chi connectivity index (χ2n) is 4.16. The summed E-state index contributed by atoms with van der Waals surface area (Å²) in [5.74, 6) is -1.46. The molecule has 1 aromatic carbocycles. The third kappa shape index (κ3) is 3.69. The molecule has 2 rings (SSSR count). The summed E-state index contributed by atoms with van der Waals surface area (Å²) in [4.78, 5) is 22.5. The Balaban J connectivity index is 1.88. The quantitative estimate of drug-likeness (QED) is 0.696. The minimum atomic E-state index is -1.15. The van der Waals surface area contributed by atoms with Crippen molar-refractivity contribution in [1.82, 2.24) is 20.3 Å². The second-order valence-corrected chi connectivity index (χ2v) is 4.57. The van der Waals surface area contributed by atoms with Crippen LogP contribution in [0.3, 0.4) is 0 Å². The van der Waals surface area contributed by atoms with Crippen LogP contribution in [-0.4, -0.2) is 38.5 Å². The number of aromatic carboxylic acids is 1. The molecule has 4 N–H and O–H groups in total. The van der Waals surface area contributed by atoms with Gasteiger partial charge in [0.1, 0.15) is 0 Å². The molecule has 0 fully saturated rings. The molecule has 21 heavy (non-hydrogen) atoms. The summed E-state index contributed by atoms with van der Waals surface area (Å²) in [7, 11) is 0. The number of hydrogen-bond acceptors (Lipinski definition) is 5. The summed E-state index contributed by atoms with van der Waals surface area (Å²) in [6, 6.07) is 4.59. The van der Waals surface area contributed by atoms with Crippen LogP contribution >= 0.6 is 11.6 Å². The molecule has 9 heteroatoms. The van der Waals surface area contributed by atoms with Crippen molar-refractivity contribution in [3.8, 4) is 0 Å². The molecular formula is C12H12ClN5O3. The number of aromatic nitrogens is 3. The fourth-order valence-electron chi connectivity index (χ4n) is 1.56. The van der Waals surface area contributed by atoms with Crippen molar-refractivity contribution in [2.45, 2.75) is 6.54 Å². The summed E-state index contributed by atoms with van der Waals surface area (Å²) in [5.41, 5.74) is 6.20. The first kappa shape index (κ1) is 14.8. The van der Waals surface area contributed by atoms with E-state index in [9.17, 15) is 9.59 Å². The van der Waals surface area contributed by atoms with Crippen molar-refractivity contribution < 1.29 is 14.7 Å². The van der Waals surface area contributed by atoms with E-state index in [2.05, 4.69) is 15.6 Å². The lowest BCUT2D eigenvalue weighted by molar-refractivity contribution is 0.0690. The Morgan fingerprint density at radius 2 is 2.19 bits per heavy atom. The molecule has 2 aromatic rings. The predicted molar refractivity (Wildman–Crippen MR) is 75.2 cm³/mol. The van der Waals surface area contributed by atoms with E-state index < -0.39 is 5.97 Å². The lowest BCUT2D eigenvalue weighted by atomic mass is 10.2. The molecule has 0 aliphatic carbocycles. The highest BCUT2D eigenvalue weighted by Gasteiger charge is 2.09. The maximum absolute atomic E-state index is 11.9. The van der Waals surface area contributed by atoms with Gasteiger partial charge in [-0.1, -0.05) is 16.8 Å². The molecule has 1 heterocycles. The van der Waals surface area contributed by atoms with E-state index in [0.29, 0.717) is 22.8 Å². The van der Waals surface area contributed by atoms with E-state index in [4.69, 9.17) is 22.4 Å². The molecule has 110 valence electrons. The smallest absolute Gasteiger partial charge is 0.358 e. The monoisotopic (exact) mass is 309 g/mol. The van der Waals surface area contributed by atoms with E-state index in [1.807, 2.05) is 0 Å². The normalized spacial score (nSPS) is 10.3. The van der Waals surface area contributed by atoms with Gasteiger partial charge >= 0.3 is 5.97 Å². The topological polar surface area (TPSA) is 123 Å². The molecular weight excluding hydrogens is 298 g/mol. The van der Waals surface area contributed by atoms with Gasteiger partial charge < -0.3 is 16.2 Å². The fraction of sp³-hybridized carbons (Fsp3) is 0.167. The van der Waals surface area contributed by atoms with Crippen LogP contribution in [-0.2, 0) is 6.54 Å². The van der Waals surface area contributed by atoms with Crippen molar-refractivity contribution >= 4 is 29.2 Å². The van der Waals surface area contributed by atoms with Crippen LogP contribution in [0.4, 0.5) is 5.69 Å². The zero-order valence-corrected chi connectivity index (χ0v) is 11.5. The number of amides is 1. The number of halogens is 1. The van der Waals surface area contributed by atoms with Gasteiger partial charge in [-0.3, -0.25) is 4.79 Å². The number of carbonyl (C=O) groups is 2. The van der Waals surface area contributed by atoms with Gasteiger partial charge in [0, 0.05) is 12.1 Å². The minimum absolute atomic E-state index is 0.147. The minimum Gasteiger partial charge on any atom is -0.476 e. The number of anilines is 1. The summed E-state index contributed by atoms with van der Waals surface area (Å²) >= 11 is 5.84. The van der Waals surface area contributed by atoms with E-state index in [1.54, 1.807) is 12.1 Å². The van der Waals surface area contributed by atoms with Gasteiger partial charge in [-0.05, 0) is 18.2 Å². The third-order valence-corrected chi connectivity index (χ3v) is 2.97. The van der Waals surface area contributed by atoms with Crippen LogP contribution in [0.25, 0.3) is 0 Å². The molecule has 0 aliphatic heterocycles. The SMILES string of the molecule is Nc1ccc(C(=O)NCCn2cc(C(=O)O)nn2)cc1Cl. The van der Waals surface area contributed by atoms with Crippen LogP contribution in [0.5, 0.6) is 0 Å². The first-order chi connectivity index (χ1) is 9.97. The van der Waals surface area contributed by atoms with Crippen LogP contribution < -0.4 is 11.1 Å². The molecule has 1 aromatic heterocycles. The zero-order valence-electron chi connectivity index (χ0n) is 10.8. The van der Waals surface area contributed by atoms with Crippen LogP contribution in [0, 0.1) is 0 Å². The number of carboxylic acids is 1. The van der Waals surface area contributed by atoms with Gasteiger partial charge in [-0.15, -0.1) is 5.10 Å². The van der Waals surface area contributed by atoms with E-state index >= 15 is 0 Å². The Kier molecular flexibility index (Phi) is 4.39. The van der Waals surface area contributed by atoms with Gasteiger partial charge in [-0.2, -0.15) is 0 Å². The first-order valence-electron chi connectivity index (χ1n) is 5.94. The zero-order chi connectivity index (χ0) is 15.4. The molecule has 0 atom stereocenters. The maximum atomic E-state index is 11.9. The Bertz CT molecular complexity index is 685. The molecule has 0 saturated carbocycles. The highest BCUT2D eigenvalue weighted by molar-refractivity contribution is 6.33. The van der Waals surface area contributed by atoms with Crippen LogP contribution in [0.1, 0.15) is 20.8 Å². The van der Waals surface area contributed by atoms with Gasteiger partial charge in [0.05, 0.1) is 23.5 Å². The average molecular weight is 310 g/mol. The van der Waals surface area contributed by atoms with E-state index in [-0.39, 0.29) is 18.1 Å². The number of rotatable bonds is 5. The highest BCUT2D eigenvalue weighted by atomic mass is 35.5. The van der Waals surface area contributed by atoms with Gasteiger partial charge in [0.15, 0.2) is 5.69 Å². The summed E-state index contributed by atoms with van der Waals surface area (Å²) < 4.78 is 1.33. The molecule has 0 bridgehead atoms. The Labute approximate surface area is 124 Å². The Hall–Kier alpha value is -2.61. The highest BCUT2D eigenvalue weighted by Crippen LogP contribution is 2.19. The number of nitrogens with zero attached hydrogens (tertiary/aromatic N) is 3. The van der Waals surface area contributed by atoms with Gasteiger partial charge in [0.25, 0.3) is 5.91 Å². The summed E-state index contributed by atoms with van der Waals surface area (Å²) in [6.45, 7) is 0.567. The Morgan fingerprint density at radius 1 is 1.43 bits per heavy atom. The number of benzene rings is 1. The molecule has 1 amide bonds. The molecule has 0 unspecified atom stereocenters. The molecule has 0 aliphatic rings. The predicted octanol–water partition coefficient (Wildman–Crippen LogP) is 0.642. The standard InChI is InChI=1S/C12H12ClN5O3/c13-8-5-7(1-2-9(8)14)11(19)15-3-4-18-6-10(12(20)21)16-17-18/h1-2,5-6H,3-4,14H2,(H,15,19)(H,20,21). The van der Waals surface area contributed by atoms with Gasteiger partial charge in [-0.25, -0.2) is 9.48 Å². The summed E-state index contributed by atoms with van der Waals surface area (Å²) in [5, 5.41) is 18.8. The van der Waals surface area contributed by atoms with E-state index in [0.717, 1.165) is 0 Å². The third-order valence-electron chi connectivity index (χ3n) is 2.65. The number of nitrogen functional groups attached to an aromatic ring is 1. The lowest BCUT2D eigenvalue weighted by Gasteiger charge is -2.06. The number of nitrogens with two attached hydrogens (primary N) is 1. The molecule has 0 radical (unpaired) electrons. The van der Waals surface area contributed by atoms with E-state index in [1.165, 1.54) is 16.9 Å². The second kappa shape index (κ2) is 6.23. The number of carbonyl (C=O) groups excluding carboxylic acids is 1. The van der Waals surface area contributed by atoms with Crippen LogP contribution in [0.15, 0.2) is 24.4 Å². The van der Waals surface area contributed by atoms with Crippen LogP contribution in [0.2, 0.25) is 5.02 Å². The molecule has 0 spiro atoms. The number of carboxylic acid groups (broad SMARTS) is 1. The fourth-order valence-corrected chi connectivity index (χ4v) is 1.74. The van der Waals surface area contributed by atoms with Crippen molar-refractivity contribution in [2.75, 3.05) is 12.3 Å². The number of hydrogen-bond donors (Lipinski definition) is 3. The Morgan fingerprint density at radius 3 is 2.81 bits per heavy atom. The summed E-state index contributed by atoms with van der Waals surface area (Å²) in [6.07, 6.45) is 1.29. The number of nitrogens with one attached hydrogen (secondary N) is 1. The van der Waals surface area contributed by atoms with Gasteiger partial charge in [0.2, 0.25) is 0 Å². The van der Waals surface area contributed by atoms with Crippen molar-refractivity contribution in [3.63, 3.8) is 0 Å². The maximum Gasteiger partial charge on any atom is 0.358 e. The molecule has 0 saturated heterocycles. The van der Waals surface area contributed by atoms with Crippen molar-refractivity contribution in [1.29, 1.82) is 0 Å².